The normalized spacial score (nSPS) is 18.8. The van der Waals surface area contributed by atoms with Crippen molar-refractivity contribution >= 4 is 43.1 Å². The quantitative estimate of drug-likeness (QED) is 0.794. The molecule has 1 N–H and O–H groups in total. The van der Waals surface area contributed by atoms with E-state index >= 15 is 0 Å². The molecule has 0 aliphatic carbocycles. The van der Waals surface area contributed by atoms with Crippen molar-refractivity contribution in [2.75, 3.05) is 39.3 Å². The Hall–Kier alpha value is -0.530. The zero-order chi connectivity index (χ0) is 16.6. The Morgan fingerprint density at radius 1 is 1.15 bits per heavy atom. The molecule has 0 spiro atoms. The Balaban J connectivity index is 0.00000208. The first kappa shape index (κ1) is 25.5. The summed E-state index contributed by atoms with van der Waals surface area (Å²) in [7, 11) is 2.00. The SMILES string of the molecule is Cc1nn(C)c(C)c1CN1CCN(C(=O)C(C)C2CNC2)CC1.Cl.Cl.Cl. The van der Waals surface area contributed by atoms with Crippen LogP contribution in [0, 0.1) is 25.7 Å². The second kappa shape index (κ2) is 10.7. The number of nitrogens with one attached hydrogen (secondary N) is 1. The number of hydrogen-bond acceptors (Lipinski definition) is 4. The number of rotatable bonds is 4. The molecule has 0 aromatic carbocycles. The Kier molecular flexibility index (Phi) is 10.5. The maximum Gasteiger partial charge on any atom is 0.225 e. The molecule has 1 amide bonds. The number of amides is 1. The number of hydrogen-bond donors (Lipinski definition) is 1. The van der Waals surface area contributed by atoms with Crippen LogP contribution in [0.3, 0.4) is 0 Å². The monoisotopic (exact) mass is 427 g/mol. The Labute approximate surface area is 175 Å². The fraction of sp³-hybridized carbons (Fsp3) is 0.765. The van der Waals surface area contributed by atoms with Gasteiger partial charge in [0.2, 0.25) is 5.91 Å². The van der Waals surface area contributed by atoms with Gasteiger partial charge in [-0.25, -0.2) is 0 Å². The summed E-state index contributed by atoms with van der Waals surface area (Å²) in [5.74, 6) is 1.02. The van der Waals surface area contributed by atoms with Crippen molar-refractivity contribution in [2.45, 2.75) is 27.3 Å². The van der Waals surface area contributed by atoms with E-state index in [1.807, 2.05) is 11.7 Å². The number of halogens is 3. The first-order chi connectivity index (χ1) is 11.0. The van der Waals surface area contributed by atoms with Gasteiger partial charge in [-0.2, -0.15) is 5.10 Å². The van der Waals surface area contributed by atoms with Crippen molar-refractivity contribution in [2.24, 2.45) is 18.9 Å². The van der Waals surface area contributed by atoms with Gasteiger partial charge in [0.1, 0.15) is 0 Å². The smallest absolute Gasteiger partial charge is 0.225 e. The maximum absolute atomic E-state index is 12.6. The summed E-state index contributed by atoms with van der Waals surface area (Å²) in [5.41, 5.74) is 3.70. The van der Waals surface area contributed by atoms with Crippen molar-refractivity contribution in [1.82, 2.24) is 24.9 Å². The highest BCUT2D eigenvalue weighted by Crippen LogP contribution is 2.20. The molecule has 0 bridgehead atoms. The second-order valence-electron chi connectivity index (χ2n) is 7.08. The molecular weight excluding hydrogens is 397 g/mol. The van der Waals surface area contributed by atoms with Crippen molar-refractivity contribution in [3.05, 3.63) is 17.0 Å². The molecule has 152 valence electrons. The van der Waals surface area contributed by atoms with Gasteiger partial charge in [-0.05, 0) is 32.9 Å². The minimum Gasteiger partial charge on any atom is -0.340 e. The van der Waals surface area contributed by atoms with E-state index in [1.54, 1.807) is 0 Å². The Morgan fingerprint density at radius 2 is 1.73 bits per heavy atom. The molecule has 2 saturated heterocycles. The van der Waals surface area contributed by atoms with E-state index < -0.39 is 0 Å². The molecular formula is C17H32Cl3N5O. The fourth-order valence-electron chi connectivity index (χ4n) is 3.55. The third kappa shape index (κ3) is 5.26. The van der Waals surface area contributed by atoms with Crippen LogP contribution in [-0.4, -0.2) is 64.8 Å². The molecule has 2 fully saturated rings. The summed E-state index contributed by atoms with van der Waals surface area (Å²) >= 11 is 0. The maximum atomic E-state index is 12.6. The molecule has 2 aliphatic rings. The predicted octanol–water partition coefficient (Wildman–Crippen LogP) is 1.80. The lowest BCUT2D eigenvalue weighted by molar-refractivity contribution is -0.139. The van der Waals surface area contributed by atoms with Gasteiger partial charge in [-0.3, -0.25) is 14.4 Å². The van der Waals surface area contributed by atoms with Crippen molar-refractivity contribution in [3.63, 3.8) is 0 Å². The van der Waals surface area contributed by atoms with Crippen LogP contribution in [0.25, 0.3) is 0 Å². The highest BCUT2D eigenvalue weighted by atomic mass is 35.5. The first-order valence-corrected chi connectivity index (χ1v) is 8.68. The van der Waals surface area contributed by atoms with Crippen LogP contribution >= 0.6 is 37.2 Å². The number of piperazine rings is 1. The van der Waals surface area contributed by atoms with Gasteiger partial charge < -0.3 is 10.2 Å². The second-order valence-corrected chi connectivity index (χ2v) is 7.08. The third-order valence-electron chi connectivity index (χ3n) is 5.63. The molecule has 1 unspecified atom stereocenters. The molecule has 0 saturated carbocycles. The number of aromatic nitrogens is 2. The van der Waals surface area contributed by atoms with Gasteiger partial charge in [0.25, 0.3) is 0 Å². The number of carbonyl (C=O) groups is 1. The average molecular weight is 429 g/mol. The fourth-order valence-corrected chi connectivity index (χ4v) is 3.55. The van der Waals surface area contributed by atoms with Crippen LogP contribution in [0.4, 0.5) is 0 Å². The number of carbonyl (C=O) groups excluding carboxylic acids is 1. The van der Waals surface area contributed by atoms with E-state index in [0.717, 1.165) is 51.5 Å². The van der Waals surface area contributed by atoms with E-state index in [4.69, 9.17) is 0 Å². The molecule has 1 aromatic rings. The van der Waals surface area contributed by atoms with E-state index in [0.29, 0.717) is 11.8 Å². The lowest BCUT2D eigenvalue weighted by Gasteiger charge is -2.39. The highest BCUT2D eigenvalue weighted by Gasteiger charge is 2.32. The minimum absolute atomic E-state index is 0. The van der Waals surface area contributed by atoms with Crippen LogP contribution in [0.2, 0.25) is 0 Å². The largest absolute Gasteiger partial charge is 0.340 e. The number of aryl methyl sites for hydroxylation is 2. The topological polar surface area (TPSA) is 53.4 Å². The van der Waals surface area contributed by atoms with Crippen molar-refractivity contribution in [3.8, 4) is 0 Å². The summed E-state index contributed by atoms with van der Waals surface area (Å²) in [6, 6.07) is 0. The average Bonchev–Trinajstić information content (AvgIpc) is 2.72. The molecule has 0 radical (unpaired) electrons. The number of nitrogens with zero attached hydrogens (tertiary/aromatic N) is 4. The van der Waals surface area contributed by atoms with Crippen LogP contribution in [-0.2, 0) is 18.4 Å². The Morgan fingerprint density at radius 3 is 2.15 bits per heavy atom. The third-order valence-corrected chi connectivity index (χ3v) is 5.63. The van der Waals surface area contributed by atoms with Crippen molar-refractivity contribution < 1.29 is 4.79 Å². The van der Waals surface area contributed by atoms with Gasteiger partial charge >= 0.3 is 0 Å². The van der Waals surface area contributed by atoms with Gasteiger partial charge in [-0.15, -0.1) is 37.2 Å². The van der Waals surface area contributed by atoms with Gasteiger partial charge in [0.05, 0.1) is 5.69 Å². The summed E-state index contributed by atoms with van der Waals surface area (Å²) in [4.78, 5) is 17.1. The lowest BCUT2D eigenvalue weighted by atomic mass is 9.88. The standard InChI is InChI=1S/C17H29N5O.3ClH/c1-12(15-9-18-10-15)17(23)22-7-5-21(6-8-22)11-16-13(2)19-20(4)14(16)3;;;/h12,15,18H,5-11H2,1-4H3;3*1H. The molecule has 3 rings (SSSR count). The van der Waals surface area contributed by atoms with Crippen LogP contribution in [0.1, 0.15) is 23.9 Å². The summed E-state index contributed by atoms with van der Waals surface area (Å²) < 4.78 is 1.96. The van der Waals surface area contributed by atoms with Gasteiger partial charge in [-0.1, -0.05) is 6.92 Å². The molecule has 26 heavy (non-hydrogen) atoms. The lowest BCUT2D eigenvalue weighted by Crippen LogP contribution is -2.54. The molecule has 1 atom stereocenters. The van der Waals surface area contributed by atoms with Gasteiger partial charge in [0.15, 0.2) is 0 Å². The minimum atomic E-state index is 0. The summed E-state index contributed by atoms with van der Waals surface area (Å²) in [5, 5.41) is 7.76. The molecule has 3 heterocycles. The molecule has 6 nitrogen and oxygen atoms in total. The van der Waals surface area contributed by atoms with Crippen LogP contribution in [0.15, 0.2) is 0 Å². The van der Waals surface area contributed by atoms with Crippen LogP contribution < -0.4 is 5.32 Å². The van der Waals surface area contributed by atoms with Crippen molar-refractivity contribution in [1.29, 1.82) is 0 Å². The first-order valence-electron chi connectivity index (χ1n) is 8.68. The zero-order valence-corrected chi connectivity index (χ0v) is 18.5. The Bertz CT molecular complexity index is 583. The zero-order valence-electron chi connectivity index (χ0n) is 16.0. The van der Waals surface area contributed by atoms with E-state index in [2.05, 4.69) is 41.0 Å². The summed E-state index contributed by atoms with van der Waals surface area (Å²) in [6.45, 7) is 12.8. The van der Waals surface area contributed by atoms with Gasteiger partial charge in [0, 0.05) is 56.9 Å². The summed E-state index contributed by atoms with van der Waals surface area (Å²) in [6.07, 6.45) is 0. The van der Waals surface area contributed by atoms with E-state index in [-0.39, 0.29) is 43.1 Å². The van der Waals surface area contributed by atoms with Crippen LogP contribution in [0.5, 0.6) is 0 Å². The predicted molar refractivity (Wildman–Crippen MR) is 112 cm³/mol. The molecule has 1 aromatic heterocycles. The highest BCUT2D eigenvalue weighted by molar-refractivity contribution is 5.86. The molecule has 9 heteroatoms. The molecule has 2 aliphatic heterocycles. The van der Waals surface area contributed by atoms with E-state index in [9.17, 15) is 4.79 Å². The van der Waals surface area contributed by atoms with E-state index in [1.165, 1.54) is 11.3 Å².